The second-order valence-corrected chi connectivity index (χ2v) is 5.79. The lowest BCUT2D eigenvalue weighted by atomic mass is 10.2. The number of benzene rings is 1. The molecular formula is C18H14FN5O2. The molecule has 4 rings (SSSR count). The van der Waals surface area contributed by atoms with Crippen LogP contribution in [0.2, 0.25) is 0 Å². The molecule has 8 heteroatoms. The van der Waals surface area contributed by atoms with E-state index in [-0.39, 0.29) is 17.9 Å². The highest BCUT2D eigenvalue weighted by atomic mass is 19.1. The predicted molar refractivity (Wildman–Crippen MR) is 91.8 cm³/mol. The van der Waals surface area contributed by atoms with Gasteiger partial charge in [0.25, 0.3) is 5.56 Å². The highest BCUT2D eigenvalue weighted by molar-refractivity contribution is 5.62. The largest absolute Gasteiger partial charge is 0.364 e. The number of rotatable bonds is 4. The molecule has 0 saturated carbocycles. The van der Waals surface area contributed by atoms with Gasteiger partial charge in [-0.05, 0) is 19.1 Å². The van der Waals surface area contributed by atoms with Crippen molar-refractivity contribution in [2.75, 3.05) is 0 Å². The summed E-state index contributed by atoms with van der Waals surface area (Å²) in [6.07, 6.45) is 2.93. The highest BCUT2D eigenvalue weighted by Crippen LogP contribution is 2.24. The maximum Gasteiger partial charge on any atom is 0.254 e. The molecule has 0 aliphatic rings. The molecule has 0 radical (unpaired) electrons. The van der Waals surface area contributed by atoms with Crippen molar-refractivity contribution in [3.05, 3.63) is 76.2 Å². The van der Waals surface area contributed by atoms with Gasteiger partial charge in [-0.15, -0.1) is 0 Å². The van der Waals surface area contributed by atoms with E-state index in [0.29, 0.717) is 34.0 Å². The van der Waals surface area contributed by atoms with E-state index in [0.717, 1.165) is 0 Å². The van der Waals surface area contributed by atoms with E-state index >= 15 is 0 Å². The van der Waals surface area contributed by atoms with Crippen LogP contribution in [0.5, 0.6) is 0 Å². The van der Waals surface area contributed by atoms with Gasteiger partial charge in [-0.25, -0.2) is 9.37 Å². The molecule has 0 bridgehead atoms. The third-order valence-corrected chi connectivity index (χ3v) is 3.98. The maximum absolute atomic E-state index is 14.0. The summed E-state index contributed by atoms with van der Waals surface area (Å²) in [6, 6.07) is 9.89. The topological polar surface area (TPSA) is 89.6 Å². The molecule has 7 nitrogen and oxygen atoms in total. The molecule has 0 aliphatic carbocycles. The van der Waals surface area contributed by atoms with Gasteiger partial charge in [-0.3, -0.25) is 9.48 Å². The molecule has 3 heterocycles. The van der Waals surface area contributed by atoms with Crippen LogP contribution in [0.4, 0.5) is 4.39 Å². The van der Waals surface area contributed by atoms with Crippen molar-refractivity contribution in [1.29, 1.82) is 0 Å². The molecule has 26 heavy (non-hydrogen) atoms. The Bertz CT molecular complexity index is 1110. The van der Waals surface area contributed by atoms with E-state index < -0.39 is 0 Å². The second kappa shape index (κ2) is 6.40. The van der Waals surface area contributed by atoms with Gasteiger partial charge in [0.1, 0.15) is 23.5 Å². The van der Waals surface area contributed by atoms with Crippen molar-refractivity contribution < 1.29 is 8.91 Å². The molecular weight excluding hydrogens is 337 g/mol. The molecule has 130 valence electrons. The Balaban J connectivity index is 1.82. The third kappa shape index (κ3) is 2.92. The van der Waals surface area contributed by atoms with E-state index in [1.54, 1.807) is 41.9 Å². The van der Waals surface area contributed by atoms with Gasteiger partial charge in [0.05, 0.1) is 12.2 Å². The minimum absolute atomic E-state index is 0.199. The molecule has 0 spiro atoms. The normalized spacial score (nSPS) is 11.0. The van der Waals surface area contributed by atoms with E-state index in [1.165, 1.54) is 18.5 Å². The second-order valence-electron chi connectivity index (χ2n) is 5.79. The molecule has 0 aliphatic heterocycles. The number of aromatic amines is 1. The average Bonchev–Trinajstić information content (AvgIpc) is 3.29. The Labute approximate surface area is 147 Å². The Hall–Kier alpha value is -3.55. The quantitative estimate of drug-likeness (QED) is 0.611. The monoisotopic (exact) mass is 351 g/mol. The highest BCUT2D eigenvalue weighted by Gasteiger charge is 2.16. The van der Waals surface area contributed by atoms with Crippen LogP contribution in [-0.4, -0.2) is 24.9 Å². The SMILES string of the molecule is Cc1cnc(-c2cc(-c3ccon3)n(Cc3ccccc3F)n2)[nH]c1=O. The number of halogens is 1. The molecule has 3 aromatic heterocycles. The molecule has 1 N–H and O–H groups in total. The van der Waals surface area contributed by atoms with Crippen molar-refractivity contribution in [2.45, 2.75) is 13.5 Å². The zero-order valence-corrected chi connectivity index (χ0v) is 13.8. The van der Waals surface area contributed by atoms with Gasteiger partial charge in [-0.1, -0.05) is 23.4 Å². The maximum atomic E-state index is 14.0. The van der Waals surface area contributed by atoms with Crippen LogP contribution in [-0.2, 0) is 6.54 Å². The Morgan fingerprint density at radius 1 is 1.23 bits per heavy atom. The molecule has 0 fully saturated rings. The minimum atomic E-state index is -0.322. The molecule has 0 unspecified atom stereocenters. The first-order chi connectivity index (χ1) is 12.6. The lowest BCUT2D eigenvalue weighted by Crippen LogP contribution is -2.11. The van der Waals surface area contributed by atoms with Gasteiger partial charge in [0.2, 0.25) is 0 Å². The van der Waals surface area contributed by atoms with Crippen molar-refractivity contribution in [2.24, 2.45) is 0 Å². The zero-order chi connectivity index (χ0) is 18.1. The van der Waals surface area contributed by atoms with Gasteiger partial charge >= 0.3 is 0 Å². The van der Waals surface area contributed by atoms with Crippen molar-refractivity contribution >= 4 is 0 Å². The summed E-state index contributed by atoms with van der Waals surface area (Å²) in [5.41, 5.74) is 2.39. The lowest BCUT2D eigenvalue weighted by molar-refractivity contribution is 0.421. The average molecular weight is 351 g/mol. The van der Waals surface area contributed by atoms with Gasteiger partial charge in [0, 0.05) is 23.4 Å². The lowest BCUT2D eigenvalue weighted by Gasteiger charge is -2.06. The Kier molecular flexibility index (Phi) is 3.92. The van der Waals surface area contributed by atoms with Crippen LogP contribution in [0.1, 0.15) is 11.1 Å². The van der Waals surface area contributed by atoms with Crippen LogP contribution in [0.15, 0.2) is 58.2 Å². The fourth-order valence-electron chi connectivity index (χ4n) is 2.58. The van der Waals surface area contributed by atoms with Crippen molar-refractivity contribution in [1.82, 2.24) is 24.9 Å². The minimum Gasteiger partial charge on any atom is -0.364 e. The van der Waals surface area contributed by atoms with E-state index in [2.05, 4.69) is 20.2 Å². The third-order valence-electron chi connectivity index (χ3n) is 3.98. The summed E-state index contributed by atoms with van der Waals surface area (Å²) in [5, 5.41) is 8.41. The summed E-state index contributed by atoms with van der Waals surface area (Å²) in [7, 11) is 0. The number of hydrogen-bond donors (Lipinski definition) is 1. The Morgan fingerprint density at radius 2 is 2.08 bits per heavy atom. The summed E-state index contributed by atoms with van der Waals surface area (Å²) < 4.78 is 20.6. The van der Waals surface area contributed by atoms with E-state index in [9.17, 15) is 9.18 Å². The van der Waals surface area contributed by atoms with E-state index in [1.807, 2.05) is 0 Å². The molecule has 0 saturated heterocycles. The van der Waals surface area contributed by atoms with Crippen LogP contribution < -0.4 is 5.56 Å². The number of nitrogens with one attached hydrogen (secondary N) is 1. The van der Waals surface area contributed by atoms with Crippen molar-refractivity contribution in [3.8, 4) is 22.9 Å². The first kappa shape index (κ1) is 15.9. The number of H-pyrrole nitrogens is 1. The van der Waals surface area contributed by atoms with Crippen LogP contribution in [0.3, 0.4) is 0 Å². The number of hydrogen-bond acceptors (Lipinski definition) is 5. The molecule has 0 amide bonds. The standard InChI is InChI=1S/C18H14FN5O2/c1-11-9-20-17(21-18(11)25)15-8-16(14-6-7-26-23-14)24(22-15)10-12-4-2-3-5-13(12)19/h2-9H,10H2,1H3,(H,20,21,25). The first-order valence-electron chi connectivity index (χ1n) is 7.90. The Morgan fingerprint density at radius 3 is 2.81 bits per heavy atom. The fourth-order valence-corrected chi connectivity index (χ4v) is 2.58. The molecule has 0 atom stereocenters. The van der Waals surface area contributed by atoms with Crippen molar-refractivity contribution in [3.63, 3.8) is 0 Å². The van der Waals surface area contributed by atoms with Crippen LogP contribution in [0.25, 0.3) is 22.9 Å². The summed E-state index contributed by atoms with van der Waals surface area (Å²) in [5.74, 6) is 0.00940. The summed E-state index contributed by atoms with van der Waals surface area (Å²) >= 11 is 0. The zero-order valence-electron chi connectivity index (χ0n) is 13.8. The molecule has 4 aromatic rings. The van der Waals surface area contributed by atoms with Crippen LogP contribution >= 0.6 is 0 Å². The predicted octanol–water partition coefficient (Wildman–Crippen LogP) is 2.78. The number of nitrogens with zero attached hydrogens (tertiary/aromatic N) is 4. The summed E-state index contributed by atoms with van der Waals surface area (Å²) in [6.45, 7) is 1.87. The van der Waals surface area contributed by atoms with Crippen LogP contribution in [0, 0.1) is 12.7 Å². The number of aromatic nitrogens is 5. The van der Waals surface area contributed by atoms with Gasteiger partial charge < -0.3 is 9.51 Å². The first-order valence-corrected chi connectivity index (χ1v) is 7.90. The fraction of sp³-hybridized carbons (Fsp3) is 0.111. The van der Waals surface area contributed by atoms with E-state index in [4.69, 9.17) is 4.52 Å². The van der Waals surface area contributed by atoms with Gasteiger partial charge in [-0.2, -0.15) is 5.10 Å². The smallest absolute Gasteiger partial charge is 0.254 e. The summed E-state index contributed by atoms with van der Waals surface area (Å²) in [4.78, 5) is 18.8. The number of aryl methyl sites for hydroxylation is 1. The molecule has 1 aromatic carbocycles. The van der Waals surface area contributed by atoms with Gasteiger partial charge in [0.15, 0.2) is 5.82 Å².